The van der Waals surface area contributed by atoms with Crippen molar-refractivity contribution in [3.63, 3.8) is 0 Å². The Kier molecular flexibility index (Phi) is 3.55. The zero-order chi connectivity index (χ0) is 16.8. The Morgan fingerprint density at radius 3 is 2.00 bits per heavy atom. The van der Waals surface area contributed by atoms with Crippen LogP contribution in [0.4, 0.5) is 0 Å². The van der Waals surface area contributed by atoms with E-state index in [4.69, 9.17) is 10.2 Å². The number of nitrogens with zero attached hydrogens (tertiary/aromatic N) is 3. The fourth-order valence-electron chi connectivity index (χ4n) is 2.90. The van der Waals surface area contributed by atoms with Crippen molar-refractivity contribution in [2.75, 3.05) is 0 Å². The molecule has 23 heavy (non-hydrogen) atoms. The molecule has 0 atom stereocenters. The molecule has 3 aromatic rings. The first kappa shape index (κ1) is 15.7. The molecule has 0 aliphatic heterocycles. The highest BCUT2D eigenvalue weighted by Crippen LogP contribution is 2.37. The minimum absolute atomic E-state index is 0.0105. The van der Waals surface area contributed by atoms with Crippen LogP contribution in [0, 0.1) is 0 Å². The Balaban J connectivity index is 2.34. The minimum atomic E-state index is -0.124. The Hall–Kier alpha value is -2.16. The van der Waals surface area contributed by atoms with E-state index in [1.54, 1.807) is 0 Å². The first-order valence-electron chi connectivity index (χ1n) is 8.14. The summed E-state index contributed by atoms with van der Waals surface area (Å²) >= 11 is 0. The maximum absolute atomic E-state index is 4.84. The van der Waals surface area contributed by atoms with Gasteiger partial charge in [-0.15, -0.1) is 0 Å². The van der Waals surface area contributed by atoms with Crippen molar-refractivity contribution in [3.05, 3.63) is 48.0 Å². The molecule has 0 fully saturated rings. The molecule has 0 spiro atoms. The van der Waals surface area contributed by atoms with E-state index < -0.39 is 0 Å². The summed E-state index contributed by atoms with van der Waals surface area (Å²) in [4.78, 5) is 1.84. The fourth-order valence-corrected chi connectivity index (χ4v) is 2.90. The zero-order valence-electron chi connectivity index (χ0n) is 14.9. The molecule has 3 nitrogen and oxygen atoms in total. The highest BCUT2D eigenvalue weighted by Gasteiger charge is 2.26. The second kappa shape index (κ2) is 5.19. The minimum Gasteiger partial charge on any atom is -0.178 e. The summed E-state index contributed by atoms with van der Waals surface area (Å²) in [5.74, 6) is 0. The lowest BCUT2D eigenvalue weighted by atomic mass is 9.81. The van der Waals surface area contributed by atoms with Gasteiger partial charge in [-0.1, -0.05) is 57.2 Å². The van der Waals surface area contributed by atoms with Crippen molar-refractivity contribution in [2.45, 2.75) is 52.5 Å². The summed E-state index contributed by atoms with van der Waals surface area (Å²) in [6.07, 6.45) is 0. The molecule has 0 saturated carbocycles. The predicted octanol–water partition coefficient (Wildman–Crippen LogP) is 5.15. The van der Waals surface area contributed by atoms with Crippen LogP contribution in [0.5, 0.6) is 0 Å². The van der Waals surface area contributed by atoms with Crippen molar-refractivity contribution >= 4 is 11.0 Å². The lowest BCUT2D eigenvalue weighted by Gasteiger charge is -2.23. The van der Waals surface area contributed by atoms with E-state index in [1.807, 2.05) is 4.80 Å². The summed E-state index contributed by atoms with van der Waals surface area (Å²) in [5.41, 5.74) is 5.57. The number of rotatable bonds is 1. The average molecular weight is 307 g/mol. The van der Waals surface area contributed by atoms with Gasteiger partial charge in [0.25, 0.3) is 0 Å². The normalized spacial score (nSPS) is 12.8. The van der Waals surface area contributed by atoms with E-state index in [2.05, 4.69) is 84.0 Å². The van der Waals surface area contributed by atoms with Gasteiger partial charge >= 0.3 is 0 Å². The van der Waals surface area contributed by atoms with Gasteiger partial charge in [-0.2, -0.15) is 15.0 Å². The quantitative estimate of drug-likeness (QED) is 0.622. The summed E-state index contributed by atoms with van der Waals surface area (Å²) in [6.45, 7) is 13.1. The van der Waals surface area contributed by atoms with Crippen LogP contribution in [0.25, 0.3) is 22.2 Å². The second-order valence-electron chi connectivity index (χ2n) is 8.13. The van der Waals surface area contributed by atoms with Gasteiger partial charge in [0.2, 0.25) is 0 Å². The van der Waals surface area contributed by atoms with Gasteiger partial charge in [0.05, 0.1) is 5.54 Å². The molecular weight excluding hydrogens is 282 g/mol. The maximum Gasteiger partial charge on any atom is 0.117 e. The van der Waals surface area contributed by atoms with Crippen LogP contribution in [-0.2, 0) is 11.0 Å². The Morgan fingerprint density at radius 1 is 0.783 bits per heavy atom. The van der Waals surface area contributed by atoms with Gasteiger partial charge in [0.1, 0.15) is 11.0 Å². The fraction of sp³-hybridized carbons (Fsp3) is 0.400. The zero-order valence-corrected chi connectivity index (χ0v) is 14.9. The van der Waals surface area contributed by atoms with Gasteiger partial charge < -0.3 is 0 Å². The molecule has 0 N–H and O–H groups in total. The number of benzene rings is 2. The topological polar surface area (TPSA) is 30.7 Å². The highest BCUT2D eigenvalue weighted by molar-refractivity contribution is 5.87. The second-order valence-corrected chi connectivity index (χ2v) is 8.13. The number of fused-ring (bicyclic) bond motifs is 1. The molecule has 3 rings (SSSR count). The molecule has 1 aromatic heterocycles. The summed E-state index contributed by atoms with van der Waals surface area (Å²) < 4.78 is 0. The highest BCUT2D eigenvalue weighted by atomic mass is 15.5. The van der Waals surface area contributed by atoms with Crippen LogP contribution in [-0.4, -0.2) is 15.0 Å². The molecule has 0 amide bonds. The molecule has 0 radical (unpaired) electrons. The van der Waals surface area contributed by atoms with E-state index in [1.165, 1.54) is 16.7 Å². The summed E-state index contributed by atoms with van der Waals surface area (Å²) in [7, 11) is 0. The molecule has 0 bridgehead atoms. The number of aromatic nitrogens is 3. The Bertz CT molecular complexity index is 831. The first-order chi connectivity index (χ1) is 10.7. The van der Waals surface area contributed by atoms with E-state index in [0.717, 1.165) is 11.0 Å². The van der Waals surface area contributed by atoms with Crippen LogP contribution in [0.1, 0.15) is 47.1 Å². The predicted molar refractivity (Wildman–Crippen MR) is 96.7 cm³/mol. The van der Waals surface area contributed by atoms with Crippen LogP contribution < -0.4 is 0 Å². The SMILES string of the molecule is CC(C)(C)c1c(-c2ccccc2)ccc2nn(C(C)(C)C)nc12. The molecule has 120 valence electrons. The third-order valence-electron chi connectivity index (χ3n) is 3.99. The molecule has 3 heteroatoms. The molecule has 0 aliphatic carbocycles. The summed E-state index contributed by atoms with van der Waals surface area (Å²) in [6, 6.07) is 14.8. The summed E-state index contributed by atoms with van der Waals surface area (Å²) in [5, 5.41) is 9.54. The van der Waals surface area contributed by atoms with Crippen LogP contribution in [0.3, 0.4) is 0 Å². The molecule has 0 unspecified atom stereocenters. The van der Waals surface area contributed by atoms with Gasteiger partial charge in [-0.3, -0.25) is 0 Å². The maximum atomic E-state index is 4.84. The van der Waals surface area contributed by atoms with Crippen molar-refractivity contribution in [1.82, 2.24) is 15.0 Å². The van der Waals surface area contributed by atoms with E-state index in [-0.39, 0.29) is 11.0 Å². The molecule has 0 saturated heterocycles. The first-order valence-corrected chi connectivity index (χ1v) is 8.14. The number of hydrogen-bond donors (Lipinski definition) is 0. The third-order valence-corrected chi connectivity index (χ3v) is 3.99. The van der Waals surface area contributed by atoms with Crippen molar-refractivity contribution < 1.29 is 0 Å². The standard InChI is InChI=1S/C20H25N3/c1-19(2,3)17-15(14-10-8-7-9-11-14)12-13-16-18(17)22-23(21-16)20(4,5)6/h7-13H,1-6H3. The Labute approximate surface area is 138 Å². The van der Waals surface area contributed by atoms with Crippen LogP contribution in [0.15, 0.2) is 42.5 Å². The van der Waals surface area contributed by atoms with Gasteiger partial charge in [-0.05, 0) is 48.9 Å². The molecule has 2 aromatic carbocycles. The lowest BCUT2D eigenvalue weighted by molar-refractivity contribution is 0.316. The molecule has 1 heterocycles. The molecule has 0 aliphatic rings. The number of hydrogen-bond acceptors (Lipinski definition) is 2. The van der Waals surface area contributed by atoms with E-state index >= 15 is 0 Å². The average Bonchev–Trinajstić information content (AvgIpc) is 2.90. The van der Waals surface area contributed by atoms with Crippen molar-refractivity contribution in [3.8, 4) is 11.1 Å². The van der Waals surface area contributed by atoms with Gasteiger partial charge in [-0.25, -0.2) is 0 Å². The van der Waals surface area contributed by atoms with Crippen molar-refractivity contribution in [1.29, 1.82) is 0 Å². The van der Waals surface area contributed by atoms with Crippen molar-refractivity contribution in [2.24, 2.45) is 0 Å². The van der Waals surface area contributed by atoms with E-state index in [9.17, 15) is 0 Å². The van der Waals surface area contributed by atoms with Crippen LogP contribution >= 0.6 is 0 Å². The Morgan fingerprint density at radius 2 is 1.43 bits per heavy atom. The van der Waals surface area contributed by atoms with Crippen LogP contribution in [0.2, 0.25) is 0 Å². The molecular formula is C20H25N3. The van der Waals surface area contributed by atoms with Gasteiger partial charge in [0, 0.05) is 0 Å². The largest absolute Gasteiger partial charge is 0.178 e. The van der Waals surface area contributed by atoms with E-state index in [0.29, 0.717) is 0 Å². The third kappa shape index (κ3) is 2.88. The lowest BCUT2D eigenvalue weighted by Crippen LogP contribution is -2.24. The monoisotopic (exact) mass is 307 g/mol. The smallest absolute Gasteiger partial charge is 0.117 e. The van der Waals surface area contributed by atoms with Gasteiger partial charge in [0.15, 0.2) is 0 Å².